The lowest BCUT2D eigenvalue weighted by atomic mass is 10.1. The zero-order chi connectivity index (χ0) is 24.5. The van der Waals surface area contributed by atoms with Crippen LogP contribution in [0.15, 0.2) is 25.3 Å². The third-order valence-electron chi connectivity index (χ3n) is 4.56. The van der Waals surface area contributed by atoms with Crippen LogP contribution in [-0.4, -0.2) is 81.6 Å². The molecule has 0 saturated carbocycles. The number of hydrogen-bond donors (Lipinski definition) is 4. The number of esters is 2. The van der Waals surface area contributed by atoms with Gasteiger partial charge >= 0.3 is 11.9 Å². The second-order valence-corrected chi connectivity index (χ2v) is 7.22. The van der Waals surface area contributed by atoms with Crippen molar-refractivity contribution in [3.63, 3.8) is 0 Å². The Hall–Kier alpha value is -2.40. The van der Waals surface area contributed by atoms with Crippen LogP contribution in [0.1, 0.15) is 51.4 Å². The predicted molar refractivity (Wildman–Crippen MR) is 113 cm³/mol. The van der Waals surface area contributed by atoms with Crippen LogP contribution in [0.25, 0.3) is 0 Å². The fourth-order valence-corrected chi connectivity index (χ4v) is 2.55. The van der Waals surface area contributed by atoms with Gasteiger partial charge in [0.05, 0.1) is 0 Å². The number of aliphatic hydroxyl groups excluding tert-OH is 4. The van der Waals surface area contributed by atoms with Gasteiger partial charge in [-0.1, -0.05) is 38.8 Å². The summed E-state index contributed by atoms with van der Waals surface area (Å²) in [5.41, 5.74) is 0. The lowest BCUT2D eigenvalue weighted by Gasteiger charge is -2.15. The Morgan fingerprint density at radius 3 is 1.25 bits per heavy atom. The zero-order valence-electron chi connectivity index (χ0n) is 18.2. The Bertz CT molecular complexity index is 576. The van der Waals surface area contributed by atoms with Crippen molar-refractivity contribution >= 4 is 23.5 Å². The lowest BCUT2D eigenvalue weighted by Crippen LogP contribution is -2.36. The van der Waals surface area contributed by atoms with Gasteiger partial charge in [0.25, 0.3) is 0 Å². The van der Waals surface area contributed by atoms with Crippen LogP contribution < -0.4 is 0 Å². The minimum Gasteiger partial charge on any atom is -0.463 e. The highest BCUT2D eigenvalue weighted by Crippen LogP contribution is 2.10. The van der Waals surface area contributed by atoms with Crippen LogP contribution in [-0.2, 0) is 28.7 Å². The molecule has 0 heterocycles. The molecule has 182 valence electrons. The molecule has 0 aliphatic carbocycles. The third kappa shape index (κ3) is 13.1. The summed E-state index contributed by atoms with van der Waals surface area (Å²) in [5.74, 6) is -2.57. The third-order valence-corrected chi connectivity index (χ3v) is 4.56. The van der Waals surface area contributed by atoms with E-state index < -0.39 is 61.1 Å². The first-order valence-electron chi connectivity index (χ1n) is 10.5. The van der Waals surface area contributed by atoms with E-state index in [9.17, 15) is 39.6 Å². The molecule has 0 saturated heterocycles. The Labute approximate surface area is 187 Å². The van der Waals surface area contributed by atoms with E-state index in [4.69, 9.17) is 9.47 Å². The van der Waals surface area contributed by atoms with E-state index in [1.807, 2.05) is 0 Å². The SMILES string of the molecule is C=CC(=O)C(O)C(O)COC(=O)CCCCCCCCC(=O)OCC(O)C(O)C(=O)C=C. The molecule has 10 heteroatoms. The predicted octanol–water partition coefficient (Wildman–Crippen LogP) is 0.147. The van der Waals surface area contributed by atoms with Crippen molar-refractivity contribution in [3.8, 4) is 0 Å². The van der Waals surface area contributed by atoms with Gasteiger partial charge in [-0.05, 0) is 25.0 Å². The van der Waals surface area contributed by atoms with Crippen molar-refractivity contribution in [1.82, 2.24) is 0 Å². The maximum atomic E-state index is 11.6. The first kappa shape index (κ1) is 29.6. The molecule has 0 aromatic rings. The number of unbranched alkanes of at least 4 members (excludes halogenated alkanes) is 5. The average molecular weight is 459 g/mol. The molecule has 0 aliphatic heterocycles. The smallest absolute Gasteiger partial charge is 0.305 e. The summed E-state index contributed by atoms with van der Waals surface area (Å²) >= 11 is 0. The zero-order valence-corrected chi connectivity index (χ0v) is 18.2. The van der Waals surface area contributed by atoms with Gasteiger partial charge in [0, 0.05) is 12.8 Å². The van der Waals surface area contributed by atoms with Gasteiger partial charge in [-0.3, -0.25) is 19.2 Å². The second kappa shape index (κ2) is 17.2. The van der Waals surface area contributed by atoms with Gasteiger partial charge < -0.3 is 29.9 Å². The summed E-state index contributed by atoms with van der Waals surface area (Å²) < 4.78 is 9.64. The lowest BCUT2D eigenvalue weighted by molar-refractivity contribution is -0.151. The van der Waals surface area contributed by atoms with Crippen molar-refractivity contribution in [2.45, 2.75) is 75.8 Å². The number of rotatable bonds is 19. The number of carbonyl (C=O) groups excluding carboxylic acids is 4. The second-order valence-electron chi connectivity index (χ2n) is 7.22. The molecule has 0 aromatic heterocycles. The standard InChI is InChI=1S/C22H34O10/c1-3-15(23)21(29)17(25)13-31-19(27)11-9-7-5-6-8-10-12-20(28)32-14-18(26)22(30)16(24)4-2/h3-4,17-18,21-22,25-26,29-30H,1-2,5-14H2. The van der Waals surface area contributed by atoms with Gasteiger partial charge in [0.1, 0.15) is 37.6 Å². The summed E-state index contributed by atoms with van der Waals surface area (Å²) in [5, 5.41) is 38.0. The quantitative estimate of drug-likeness (QED) is 0.119. The van der Waals surface area contributed by atoms with E-state index >= 15 is 0 Å². The largest absolute Gasteiger partial charge is 0.463 e. The van der Waals surface area contributed by atoms with Crippen molar-refractivity contribution < 1.29 is 49.1 Å². The Morgan fingerprint density at radius 1 is 0.625 bits per heavy atom. The molecule has 0 fully saturated rings. The highest BCUT2D eigenvalue weighted by molar-refractivity contribution is 5.93. The number of ether oxygens (including phenoxy) is 2. The van der Waals surface area contributed by atoms with Gasteiger partial charge in [0.15, 0.2) is 11.6 Å². The van der Waals surface area contributed by atoms with Crippen LogP contribution in [0.4, 0.5) is 0 Å². The van der Waals surface area contributed by atoms with Crippen LogP contribution in [0.3, 0.4) is 0 Å². The maximum absolute atomic E-state index is 11.6. The van der Waals surface area contributed by atoms with Crippen LogP contribution in [0.2, 0.25) is 0 Å². The number of hydrogen-bond acceptors (Lipinski definition) is 10. The minimum absolute atomic E-state index is 0.146. The molecular weight excluding hydrogens is 424 g/mol. The van der Waals surface area contributed by atoms with Crippen molar-refractivity contribution in [2.75, 3.05) is 13.2 Å². The number of ketones is 2. The molecule has 0 amide bonds. The monoisotopic (exact) mass is 458 g/mol. The molecule has 10 nitrogen and oxygen atoms in total. The number of carbonyl (C=O) groups is 4. The molecule has 0 spiro atoms. The Kier molecular flexibility index (Phi) is 15.9. The highest BCUT2D eigenvalue weighted by atomic mass is 16.5. The molecule has 0 radical (unpaired) electrons. The molecule has 4 N–H and O–H groups in total. The molecular formula is C22H34O10. The minimum atomic E-state index is -1.67. The molecule has 0 aliphatic rings. The van der Waals surface area contributed by atoms with Crippen LogP contribution in [0, 0.1) is 0 Å². The van der Waals surface area contributed by atoms with Gasteiger partial charge in [-0.2, -0.15) is 0 Å². The van der Waals surface area contributed by atoms with E-state index in [0.717, 1.165) is 37.8 Å². The highest BCUT2D eigenvalue weighted by Gasteiger charge is 2.24. The van der Waals surface area contributed by atoms with Crippen molar-refractivity contribution in [2.24, 2.45) is 0 Å². The van der Waals surface area contributed by atoms with Gasteiger partial charge in [0.2, 0.25) is 0 Å². The Morgan fingerprint density at radius 2 is 0.938 bits per heavy atom. The molecule has 0 bridgehead atoms. The molecule has 32 heavy (non-hydrogen) atoms. The fourth-order valence-electron chi connectivity index (χ4n) is 2.55. The normalized spacial score (nSPS) is 14.5. The number of aliphatic hydroxyl groups is 4. The molecule has 0 rings (SSSR count). The van der Waals surface area contributed by atoms with Crippen LogP contribution >= 0.6 is 0 Å². The average Bonchev–Trinajstić information content (AvgIpc) is 2.80. The van der Waals surface area contributed by atoms with E-state index in [2.05, 4.69) is 13.2 Å². The van der Waals surface area contributed by atoms with E-state index in [1.165, 1.54) is 0 Å². The Balaban J connectivity index is 3.71. The summed E-state index contributed by atoms with van der Waals surface area (Å²) in [4.78, 5) is 45.5. The summed E-state index contributed by atoms with van der Waals surface area (Å²) in [6.07, 6.45) is 0.0702. The summed E-state index contributed by atoms with van der Waals surface area (Å²) in [7, 11) is 0. The maximum Gasteiger partial charge on any atom is 0.305 e. The fraction of sp³-hybridized carbons (Fsp3) is 0.636. The van der Waals surface area contributed by atoms with Crippen molar-refractivity contribution in [1.29, 1.82) is 0 Å². The van der Waals surface area contributed by atoms with Crippen molar-refractivity contribution in [3.05, 3.63) is 25.3 Å². The van der Waals surface area contributed by atoms with Crippen LogP contribution in [0.5, 0.6) is 0 Å². The molecule has 4 unspecified atom stereocenters. The first-order chi connectivity index (χ1) is 15.1. The molecule has 4 atom stereocenters. The first-order valence-corrected chi connectivity index (χ1v) is 10.5. The summed E-state index contributed by atoms with van der Waals surface area (Å²) in [6.45, 7) is 5.43. The van der Waals surface area contributed by atoms with Gasteiger partial charge in [-0.25, -0.2) is 0 Å². The summed E-state index contributed by atoms with van der Waals surface area (Å²) in [6, 6.07) is 0. The van der Waals surface area contributed by atoms with E-state index in [0.29, 0.717) is 12.8 Å². The molecule has 0 aromatic carbocycles. The van der Waals surface area contributed by atoms with Gasteiger partial charge in [-0.15, -0.1) is 0 Å². The van der Waals surface area contributed by atoms with E-state index in [-0.39, 0.29) is 12.8 Å². The topological polar surface area (TPSA) is 168 Å². The van der Waals surface area contributed by atoms with E-state index in [1.54, 1.807) is 0 Å².